The van der Waals surface area contributed by atoms with E-state index >= 15 is 0 Å². The minimum Gasteiger partial charge on any atom is -0.462 e. The van der Waals surface area contributed by atoms with E-state index in [9.17, 15) is 9.59 Å². The zero-order valence-electron chi connectivity index (χ0n) is 12.4. The third-order valence-electron chi connectivity index (χ3n) is 4.74. The van der Waals surface area contributed by atoms with Crippen molar-refractivity contribution in [2.45, 2.75) is 39.0 Å². The summed E-state index contributed by atoms with van der Waals surface area (Å²) in [6, 6.07) is 7.18. The van der Waals surface area contributed by atoms with E-state index in [0.29, 0.717) is 12.2 Å². The number of amides is 1. The van der Waals surface area contributed by atoms with E-state index in [1.54, 1.807) is 19.1 Å². The van der Waals surface area contributed by atoms with Gasteiger partial charge in [-0.1, -0.05) is 6.42 Å². The summed E-state index contributed by atoms with van der Waals surface area (Å²) >= 11 is 0. The Balaban J connectivity index is 1.77. The van der Waals surface area contributed by atoms with Crippen LogP contribution in [0.15, 0.2) is 24.3 Å². The summed E-state index contributed by atoms with van der Waals surface area (Å²) < 4.78 is 4.97. The number of anilines is 1. The van der Waals surface area contributed by atoms with Gasteiger partial charge in [0.05, 0.1) is 12.2 Å². The molecule has 112 valence electrons. The predicted molar refractivity (Wildman–Crippen MR) is 80.3 cm³/mol. The Morgan fingerprint density at radius 3 is 2.43 bits per heavy atom. The van der Waals surface area contributed by atoms with Crippen LogP contribution in [-0.2, 0) is 9.53 Å². The molecule has 1 heterocycles. The van der Waals surface area contributed by atoms with Crippen LogP contribution in [0.5, 0.6) is 0 Å². The molecule has 4 heteroatoms. The van der Waals surface area contributed by atoms with Crippen LogP contribution in [0.1, 0.15) is 49.4 Å². The van der Waals surface area contributed by atoms with Gasteiger partial charge in [-0.25, -0.2) is 4.79 Å². The zero-order valence-corrected chi connectivity index (χ0v) is 12.4. The molecule has 0 aromatic heterocycles. The Labute approximate surface area is 125 Å². The molecular formula is C17H21NO3. The molecule has 1 aliphatic carbocycles. The van der Waals surface area contributed by atoms with Gasteiger partial charge in [0.15, 0.2) is 0 Å². The zero-order chi connectivity index (χ0) is 14.9. The van der Waals surface area contributed by atoms with Gasteiger partial charge in [0.1, 0.15) is 0 Å². The highest BCUT2D eigenvalue weighted by Crippen LogP contribution is 2.49. The standard InChI is InChI=1S/C17H21NO3/c1-2-21-15(19)13-5-7-14(8-6-13)18-12-4-11-17(16(18)20)9-3-10-17/h5-8H,2-4,9-12H2,1H3. The van der Waals surface area contributed by atoms with Crippen molar-refractivity contribution in [1.82, 2.24) is 0 Å². The Bertz CT molecular complexity index is 546. The quantitative estimate of drug-likeness (QED) is 0.802. The molecule has 4 nitrogen and oxygen atoms in total. The maximum absolute atomic E-state index is 12.7. The lowest BCUT2D eigenvalue weighted by Gasteiger charge is -2.47. The third-order valence-corrected chi connectivity index (χ3v) is 4.74. The lowest BCUT2D eigenvalue weighted by atomic mass is 9.63. The van der Waals surface area contributed by atoms with E-state index in [1.165, 1.54) is 6.42 Å². The fourth-order valence-corrected chi connectivity index (χ4v) is 3.38. The summed E-state index contributed by atoms with van der Waals surface area (Å²) in [7, 11) is 0. The summed E-state index contributed by atoms with van der Waals surface area (Å²) in [4.78, 5) is 26.2. The molecule has 21 heavy (non-hydrogen) atoms. The predicted octanol–water partition coefficient (Wildman–Crippen LogP) is 3.16. The number of nitrogens with zero attached hydrogens (tertiary/aromatic N) is 1. The van der Waals surface area contributed by atoms with E-state index in [-0.39, 0.29) is 17.3 Å². The van der Waals surface area contributed by atoms with Crippen molar-refractivity contribution >= 4 is 17.6 Å². The van der Waals surface area contributed by atoms with Gasteiger partial charge in [-0.15, -0.1) is 0 Å². The van der Waals surface area contributed by atoms with Crippen LogP contribution in [0.2, 0.25) is 0 Å². The van der Waals surface area contributed by atoms with Gasteiger partial charge >= 0.3 is 5.97 Å². The number of carbonyl (C=O) groups is 2. The highest BCUT2D eigenvalue weighted by Gasteiger charge is 2.48. The lowest BCUT2D eigenvalue weighted by Crippen LogP contribution is -2.52. The van der Waals surface area contributed by atoms with Crippen molar-refractivity contribution in [3.8, 4) is 0 Å². The SMILES string of the molecule is CCOC(=O)c1ccc(N2CCCC3(CCC3)C2=O)cc1. The number of piperidine rings is 1. The van der Waals surface area contributed by atoms with Crippen molar-refractivity contribution in [2.75, 3.05) is 18.1 Å². The van der Waals surface area contributed by atoms with E-state index in [4.69, 9.17) is 4.74 Å². The van der Waals surface area contributed by atoms with Crippen LogP contribution in [0.4, 0.5) is 5.69 Å². The first-order chi connectivity index (χ1) is 10.2. The van der Waals surface area contributed by atoms with Crippen LogP contribution >= 0.6 is 0 Å². The number of esters is 1. The van der Waals surface area contributed by atoms with E-state index in [1.807, 2.05) is 17.0 Å². The van der Waals surface area contributed by atoms with E-state index in [2.05, 4.69) is 0 Å². The fraction of sp³-hybridized carbons (Fsp3) is 0.529. The smallest absolute Gasteiger partial charge is 0.338 e. The summed E-state index contributed by atoms with van der Waals surface area (Å²) in [5, 5.41) is 0. The molecule has 0 unspecified atom stereocenters. The Morgan fingerprint density at radius 1 is 1.19 bits per heavy atom. The molecule has 1 amide bonds. The van der Waals surface area contributed by atoms with Crippen LogP contribution in [0.25, 0.3) is 0 Å². The van der Waals surface area contributed by atoms with Crippen molar-refractivity contribution in [1.29, 1.82) is 0 Å². The molecule has 1 aromatic rings. The molecule has 0 bridgehead atoms. The second-order valence-electron chi connectivity index (χ2n) is 5.96. The molecule has 1 saturated carbocycles. The van der Waals surface area contributed by atoms with Gasteiger partial charge in [0.2, 0.25) is 5.91 Å². The summed E-state index contributed by atoms with van der Waals surface area (Å²) in [5.74, 6) is -0.0478. The molecule has 2 fully saturated rings. The molecule has 0 radical (unpaired) electrons. The van der Waals surface area contributed by atoms with Gasteiger partial charge in [0.25, 0.3) is 0 Å². The second kappa shape index (κ2) is 5.51. The molecule has 0 N–H and O–H groups in total. The van der Waals surface area contributed by atoms with Crippen molar-refractivity contribution < 1.29 is 14.3 Å². The van der Waals surface area contributed by atoms with Crippen LogP contribution in [0, 0.1) is 5.41 Å². The monoisotopic (exact) mass is 287 g/mol. The number of carbonyl (C=O) groups excluding carboxylic acids is 2. The molecule has 0 atom stereocenters. The minimum atomic E-state index is -0.315. The molecule has 1 saturated heterocycles. The van der Waals surface area contributed by atoms with Gasteiger partial charge in [-0.2, -0.15) is 0 Å². The topological polar surface area (TPSA) is 46.6 Å². The molecular weight excluding hydrogens is 266 g/mol. The summed E-state index contributed by atoms with van der Waals surface area (Å²) in [5.41, 5.74) is 1.33. The summed E-state index contributed by atoms with van der Waals surface area (Å²) in [6.07, 6.45) is 5.32. The third kappa shape index (κ3) is 2.43. The number of benzene rings is 1. The second-order valence-corrected chi connectivity index (χ2v) is 5.96. The maximum atomic E-state index is 12.7. The van der Waals surface area contributed by atoms with E-state index in [0.717, 1.165) is 37.9 Å². The van der Waals surface area contributed by atoms with Crippen molar-refractivity contribution in [2.24, 2.45) is 5.41 Å². The van der Waals surface area contributed by atoms with Crippen molar-refractivity contribution in [3.05, 3.63) is 29.8 Å². The molecule has 2 aliphatic rings. The van der Waals surface area contributed by atoms with Crippen molar-refractivity contribution in [3.63, 3.8) is 0 Å². The first-order valence-corrected chi connectivity index (χ1v) is 7.75. The Hall–Kier alpha value is -1.84. The van der Waals surface area contributed by atoms with Gasteiger partial charge in [0, 0.05) is 17.6 Å². The van der Waals surface area contributed by atoms with Gasteiger partial charge < -0.3 is 9.64 Å². The fourth-order valence-electron chi connectivity index (χ4n) is 3.38. The maximum Gasteiger partial charge on any atom is 0.338 e. The molecule has 1 aliphatic heterocycles. The number of hydrogen-bond acceptors (Lipinski definition) is 3. The Kier molecular flexibility index (Phi) is 3.70. The van der Waals surface area contributed by atoms with Crippen LogP contribution in [0.3, 0.4) is 0 Å². The molecule has 3 rings (SSSR count). The number of rotatable bonds is 3. The van der Waals surface area contributed by atoms with Gasteiger partial charge in [-0.3, -0.25) is 4.79 Å². The van der Waals surface area contributed by atoms with E-state index < -0.39 is 0 Å². The molecule has 1 spiro atoms. The Morgan fingerprint density at radius 2 is 1.86 bits per heavy atom. The average molecular weight is 287 g/mol. The lowest BCUT2D eigenvalue weighted by molar-refractivity contribution is -0.135. The number of ether oxygens (including phenoxy) is 1. The first-order valence-electron chi connectivity index (χ1n) is 7.75. The van der Waals surface area contributed by atoms with Crippen LogP contribution < -0.4 is 4.90 Å². The normalized spacial score (nSPS) is 20.2. The molecule has 1 aromatic carbocycles. The number of hydrogen-bond donors (Lipinski definition) is 0. The van der Waals surface area contributed by atoms with Gasteiger partial charge in [-0.05, 0) is 56.9 Å². The largest absolute Gasteiger partial charge is 0.462 e. The average Bonchev–Trinajstić information content (AvgIpc) is 2.46. The minimum absolute atomic E-state index is 0.0853. The summed E-state index contributed by atoms with van der Waals surface area (Å²) in [6.45, 7) is 2.93. The highest BCUT2D eigenvalue weighted by atomic mass is 16.5. The first kappa shape index (κ1) is 14.1. The highest BCUT2D eigenvalue weighted by molar-refractivity contribution is 5.99. The van der Waals surface area contributed by atoms with Crippen LogP contribution in [-0.4, -0.2) is 25.0 Å².